The number of aldehydes is 1. The molecule has 0 radical (unpaired) electrons. The van der Waals surface area contributed by atoms with Gasteiger partial charge < -0.3 is 10.0 Å². The predicted molar refractivity (Wildman–Crippen MR) is 37.4 cm³/mol. The van der Waals surface area contributed by atoms with Crippen LogP contribution in [-0.2, 0) is 4.79 Å². The summed E-state index contributed by atoms with van der Waals surface area (Å²) in [7, 11) is 0. The molecule has 0 amide bonds. The highest BCUT2D eigenvalue weighted by Gasteiger charge is 2.23. The minimum absolute atomic E-state index is 0.184. The smallest absolute Gasteiger partial charge is 0.144 e. The molecule has 0 aliphatic carbocycles. The van der Waals surface area contributed by atoms with Gasteiger partial charge in [0.2, 0.25) is 0 Å². The van der Waals surface area contributed by atoms with Crippen LogP contribution in [-0.4, -0.2) is 35.5 Å². The van der Waals surface area contributed by atoms with Crippen LogP contribution >= 0.6 is 0 Å². The number of carbonyl (C=O) groups excluding carboxylic acids is 1. The van der Waals surface area contributed by atoms with Crippen molar-refractivity contribution in [3.63, 3.8) is 0 Å². The monoisotopic (exact) mass is 141 g/mol. The maximum atomic E-state index is 9.87. The van der Waals surface area contributed by atoms with Gasteiger partial charge in [0.1, 0.15) is 6.29 Å². The van der Waals surface area contributed by atoms with Gasteiger partial charge in [-0.3, -0.25) is 4.79 Å². The van der Waals surface area contributed by atoms with Crippen molar-refractivity contribution < 1.29 is 9.90 Å². The first-order chi connectivity index (χ1) is 4.88. The van der Waals surface area contributed by atoms with Crippen LogP contribution in [0.3, 0.4) is 0 Å². The molecule has 1 fully saturated rings. The molecule has 0 aromatic heterocycles. The van der Waals surface area contributed by atoms with E-state index in [2.05, 4.69) is 0 Å². The normalized spacial score (nSPS) is 24.9. The molecule has 0 saturated carbocycles. The molecule has 1 aliphatic heterocycles. The Bertz CT molecular complexity index is 143. The summed E-state index contributed by atoms with van der Waals surface area (Å²) < 4.78 is 0. The van der Waals surface area contributed by atoms with Crippen LogP contribution < -0.4 is 0 Å². The third-order valence-electron chi connectivity index (χ3n) is 1.76. The molecule has 0 bridgehead atoms. The fourth-order valence-corrected chi connectivity index (χ4v) is 0.999. The average molecular weight is 141 g/mol. The van der Waals surface area contributed by atoms with E-state index in [1.807, 2.05) is 4.90 Å². The summed E-state index contributed by atoms with van der Waals surface area (Å²) in [4.78, 5) is 11.8. The minimum Gasteiger partial charge on any atom is -0.394 e. The number of likely N-dealkylation sites (tertiary alicyclic amines) is 1. The first kappa shape index (κ1) is 7.28. The molecule has 0 aromatic carbocycles. The second-order valence-corrected chi connectivity index (χ2v) is 2.34. The van der Waals surface area contributed by atoms with E-state index in [9.17, 15) is 4.79 Å². The second kappa shape index (κ2) is 3.37. The number of nitrogens with zero attached hydrogens (tertiary/aromatic N) is 1. The summed E-state index contributed by atoms with van der Waals surface area (Å²) in [6, 6.07) is 0.246. The van der Waals surface area contributed by atoms with Crippen molar-refractivity contribution >= 4 is 6.29 Å². The van der Waals surface area contributed by atoms with Gasteiger partial charge in [0.05, 0.1) is 12.6 Å². The zero-order valence-corrected chi connectivity index (χ0v) is 5.73. The van der Waals surface area contributed by atoms with Gasteiger partial charge in [-0.2, -0.15) is 0 Å². The average Bonchev–Trinajstić information content (AvgIpc) is 1.88. The van der Waals surface area contributed by atoms with Crippen LogP contribution in [0.2, 0.25) is 0 Å². The summed E-state index contributed by atoms with van der Waals surface area (Å²) >= 11 is 0. The maximum absolute atomic E-state index is 9.87. The molecular formula is C7H11NO2. The van der Waals surface area contributed by atoms with Gasteiger partial charge in [-0.1, -0.05) is 0 Å². The van der Waals surface area contributed by atoms with E-state index in [1.165, 1.54) is 6.08 Å². The van der Waals surface area contributed by atoms with Crippen molar-refractivity contribution in [2.45, 2.75) is 12.5 Å². The highest BCUT2D eigenvalue weighted by Crippen LogP contribution is 2.15. The molecule has 1 saturated heterocycles. The van der Waals surface area contributed by atoms with E-state index >= 15 is 0 Å². The molecule has 1 atom stereocenters. The van der Waals surface area contributed by atoms with E-state index < -0.39 is 0 Å². The summed E-state index contributed by atoms with van der Waals surface area (Å²) in [5.74, 6) is 0. The topological polar surface area (TPSA) is 40.5 Å². The number of allylic oxidation sites excluding steroid dienone is 1. The lowest BCUT2D eigenvalue weighted by Crippen LogP contribution is -2.46. The predicted octanol–water partition coefficient (Wildman–Crippen LogP) is -0.234. The summed E-state index contributed by atoms with van der Waals surface area (Å²) in [6.07, 6.45) is 4.94. The van der Waals surface area contributed by atoms with Crippen molar-refractivity contribution in [2.24, 2.45) is 0 Å². The number of aliphatic hydroxyl groups is 1. The van der Waals surface area contributed by atoms with Crippen LogP contribution in [0.25, 0.3) is 0 Å². The number of carbonyl (C=O) groups is 1. The van der Waals surface area contributed by atoms with E-state index in [4.69, 9.17) is 5.11 Å². The molecule has 1 rings (SSSR count). The number of aliphatic hydroxyl groups excluding tert-OH is 1. The van der Waals surface area contributed by atoms with Crippen molar-refractivity contribution in [2.75, 3.05) is 13.2 Å². The van der Waals surface area contributed by atoms with Crippen molar-refractivity contribution in [1.29, 1.82) is 0 Å². The Balaban J connectivity index is 2.28. The number of hydrogen-bond donors (Lipinski definition) is 1. The van der Waals surface area contributed by atoms with Gasteiger partial charge in [-0.05, 0) is 12.5 Å². The fraction of sp³-hybridized carbons (Fsp3) is 0.571. The lowest BCUT2D eigenvalue weighted by atomic mass is 10.1. The van der Waals surface area contributed by atoms with Gasteiger partial charge >= 0.3 is 0 Å². The van der Waals surface area contributed by atoms with E-state index in [-0.39, 0.29) is 12.6 Å². The molecule has 0 aromatic rings. The standard InChI is InChI=1S/C7H11NO2/c9-5-1-3-8-4-2-7(8)6-10/h1,3,5,7,10H,2,4,6H2/t7-/m0/s1. The first-order valence-electron chi connectivity index (χ1n) is 3.37. The summed E-state index contributed by atoms with van der Waals surface area (Å²) in [6.45, 7) is 1.14. The number of rotatable bonds is 3. The zero-order valence-electron chi connectivity index (χ0n) is 5.73. The molecule has 0 unspecified atom stereocenters. The third-order valence-corrected chi connectivity index (χ3v) is 1.76. The molecule has 56 valence electrons. The highest BCUT2D eigenvalue weighted by atomic mass is 16.3. The summed E-state index contributed by atoms with van der Waals surface area (Å²) in [5.41, 5.74) is 0. The van der Waals surface area contributed by atoms with Crippen molar-refractivity contribution in [3.8, 4) is 0 Å². The van der Waals surface area contributed by atoms with Crippen molar-refractivity contribution in [1.82, 2.24) is 4.90 Å². The van der Waals surface area contributed by atoms with E-state index in [0.717, 1.165) is 19.3 Å². The van der Waals surface area contributed by atoms with Crippen molar-refractivity contribution in [3.05, 3.63) is 12.3 Å². The molecule has 0 spiro atoms. The molecule has 10 heavy (non-hydrogen) atoms. The van der Waals surface area contributed by atoms with Crippen LogP contribution in [0.1, 0.15) is 6.42 Å². The lowest BCUT2D eigenvalue weighted by Gasteiger charge is -2.38. The maximum Gasteiger partial charge on any atom is 0.144 e. The zero-order chi connectivity index (χ0) is 7.40. The fourth-order valence-electron chi connectivity index (χ4n) is 0.999. The molecular weight excluding hydrogens is 130 g/mol. The van der Waals surface area contributed by atoms with Gasteiger partial charge in [-0.15, -0.1) is 0 Å². The Morgan fingerprint density at radius 3 is 2.90 bits per heavy atom. The quantitative estimate of drug-likeness (QED) is 0.436. The van der Waals surface area contributed by atoms with Gasteiger partial charge in [-0.25, -0.2) is 0 Å². The van der Waals surface area contributed by atoms with Gasteiger partial charge in [0.15, 0.2) is 0 Å². The van der Waals surface area contributed by atoms with E-state index in [1.54, 1.807) is 6.20 Å². The van der Waals surface area contributed by atoms with Crippen LogP contribution in [0.4, 0.5) is 0 Å². The van der Waals surface area contributed by atoms with E-state index in [0.29, 0.717) is 0 Å². The Morgan fingerprint density at radius 2 is 2.50 bits per heavy atom. The Labute approximate surface area is 59.9 Å². The van der Waals surface area contributed by atoms with Crippen LogP contribution in [0, 0.1) is 0 Å². The minimum atomic E-state index is 0.184. The molecule has 1 aliphatic rings. The Hall–Kier alpha value is -0.830. The van der Waals surface area contributed by atoms with Gasteiger partial charge in [0.25, 0.3) is 0 Å². The molecule has 3 heteroatoms. The number of hydrogen-bond acceptors (Lipinski definition) is 3. The van der Waals surface area contributed by atoms with Crippen LogP contribution in [0.5, 0.6) is 0 Å². The highest BCUT2D eigenvalue weighted by molar-refractivity contribution is 5.64. The SMILES string of the molecule is O=CC=CN1CC[C@H]1CO. The Kier molecular flexibility index (Phi) is 2.45. The Morgan fingerprint density at radius 1 is 1.70 bits per heavy atom. The summed E-state index contributed by atoms with van der Waals surface area (Å²) in [5, 5.41) is 8.69. The second-order valence-electron chi connectivity index (χ2n) is 2.34. The van der Waals surface area contributed by atoms with Crippen LogP contribution in [0.15, 0.2) is 12.3 Å². The molecule has 1 heterocycles. The molecule has 1 N–H and O–H groups in total. The third kappa shape index (κ3) is 1.36. The van der Waals surface area contributed by atoms with Gasteiger partial charge in [0, 0.05) is 12.7 Å². The largest absolute Gasteiger partial charge is 0.394 e. The molecule has 3 nitrogen and oxygen atoms in total. The first-order valence-corrected chi connectivity index (χ1v) is 3.37. The lowest BCUT2D eigenvalue weighted by molar-refractivity contribution is -0.104.